The Kier molecular flexibility index (Phi) is 7.18. The lowest BCUT2D eigenvalue weighted by molar-refractivity contribution is -0.917. The van der Waals surface area contributed by atoms with Gasteiger partial charge in [0.15, 0.2) is 5.54 Å². The first-order chi connectivity index (χ1) is 20.7. The lowest BCUT2D eigenvalue weighted by Crippen LogP contribution is -3.11. The number of quaternary nitrogens is 1. The molecule has 5 aromatic rings. The number of guanidine groups is 1. The van der Waals surface area contributed by atoms with Gasteiger partial charge in [0.25, 0.3) is 0 Å². The van der Waals surface area contributed by atoms with Gasteiger partial charge in [-0.15, -0.1) is 0 Å². The normalized spacial score (nSPS) is 19.5. The number of benzene rings is 5. The molecule has 7 rings (SSSR count). The minimum atomic E-state index is -0.654. The maximum atomic E-state index is 5.24. The van der Waals surface area contributed by atoms with Crippen molar-refractivity contribution >= 4 is 16.7 Å². The van der Waals surface area contributed by atoms with E-state index in [9.17, 15) is 0 Å². The number of nitrogens with zero attached hydrogens (tertiary/aromatic N) is 3. The Hall–Kier alpha value is -4.49. The fraction of sp³-hybridized carbons (Fsp3) is 0.194. The van der Waals surface area contributed by atoms with E-state index in [1.54, 1.807) is 0 Å². The van der Waals surface area contributed by atoms with E-state index in [1.807, 2.05) is 0 Å². The largest absolute Gasteiger partial charge is 0.403 e. The second-order valence-electron chi connectivity index (χ2n) is 11.2. The highest BCUT2D eigenvalue weighted by atomic mass is 15.9. The van der Waals surface area contributed by atoms with Gasteiger partial charge in [0, 0.05) is 41.9 Å². The highest BCUT2D eigenvalue weighted by Gasteiger charge is 2.46. The van der Waals surface area contributed by atoms with Crippen LogP contribution in [0.25, 0.3) is 16.3 Å². The summed E-state index contributed by atoms with van der Waals surface area (Å²) >= 11 is 0. The number of rotatable bonds is 7. The van der Waals surface area contributed by atoms with Crippen LogP contribution in [-0.2, 0) is 5.54 Å². The van der Waals surface area contributed by atoms with Gasteiger partial charge in [-0.05, 0) is 29.7 Å². The van der Waals surface area contributed by atoms with Crippen LogP contribution in [0.4, 0.5) is 0 Å². The standard InChI is InChI=1S/C36H36N6/c1-27(33-23-13-15-28-14-11-12-22-34(28)33)37-32-24-25-41(26-32)35-38-40-42(39-35)36(29-16-5-2-6-17-29,30-18-7-3-8-19-30)31-20-9-4-10-21-31/h2-23,27,32,37,42H,24-26H2,1H3,(H,38,39)/t27-,32+/m1/s1. The second-order valence-corrected chi connectivity index (χ2v) is 11.2. The second kappa shape index (κ2) is 11.4. The molecule has 1 saturated heterocycles. The van der Waals surface area contributed by atoms with Gasteiger partial charge in [0.1, 0.15) is 0 Å². The van der Waals surface area contributed by atoms with Gasteiger partial charge in [-0.3, -0.25) is 0 Å². The van der Waals surface area contributed by atoms with Crippen LogP contribution in [-0.4, -0.2) is 30.0 Å². The van der Waals surface area contributed by atoms with Gasteiger partial charge in [-0.1, -0.05) is 139 Å². The molecule has 1 unspecified atom stereocenters. The Morgan fingerprint density at radius 2 is 1.36 bits per heavy atom. The molecule has 3 N–H and O–H groups in total. The molecule has 6 heteroatoms. The monoisotopic (exact) mass is 552 g/mol. The summed E-state index contributed by atoms with van der Waals surface area (Å²) in [5.74, 6) is 0.819. The molecule has 6 nitrogen and oxygen atoms in total. The lowest BCUT2D eigenvalue weighted by Gasteiger charge is -2.41. The van der Waals surface area contributed by atoms with Gasteiger partial charge in [-0.2, -0.15) is 0 Å². The van der Waals surface area contributed by atoms with Gasteiger partial charge in [0.2, 0.25) is 5.96 Å². The van der Waals surface area contributed by atoms with Crippen LogP contribution in [0.15, 0.2) is 139 Å². The lowest BCUT2D eigenvalue weighted by atomic mass is 9.77. The molecule has 0 amide bonds. The molecule has 0 saturated carbocycles. The van der Waals surface area contributed by atoms with Crippen molar-refractivity contribution in [3.63, 3.8) is 0 Å². The first kappa shape index (κ1) is 26.4. The van der Waals surface area contributed by atoms with Crippen LogP contribution in [0.1, 0.15) is 41.6 Å². The number of nitrogens with one attached hydrogen (secondary N) is 3. The average molecular weight is 553 g/mol. The van der Waals surface area contributed by atoms with Crippen molar-refractivity contribution in [2.24, 2.45) is 5.10 Å². The SMILES string of the molecule is C[C@@H](N[C@H]1CCN(C2=N[NH+](C(c3ccccc3)(c3ccccc3)c3ccccc3)[N-]N2)C1)c1cccc2ccccc12. The third kappa shape index (κ3) is 4.73. The summed E-state index contributed by atoms with van der Waals surface area (Å²) in [6.45, 7) is 4.06. The van der Waals surface area contributed by atoms with Gasteiger partial charge in [-0.25, -0.2) is 5.12 Å². The summed E-state index contributed by atoms with van der Waals surface area (Å²) in [5, 5.41) is 12.5. The number of hydrogen-bond acceptors (Lipinski definition) is 4. The molecule has 0 spiro atoms. The predicted octanol–water partition coefficient (Wildman–Crippen LogP) is 5.52. The fourth-order valence-electron chi connectivity index (χ4n) is 6.67. The molecule has 0 aliphatic carbocycles. The zero-order chi connectivity index (χ0) is 28.4. The minimum absolute atomic E-state index is 0.244. The maximum Gasteiger partial charge on any atom is 0.238 e. The Morgan fingerprint density at radius 3 is 2.00 bits per heavy atom. The van der Waals surface area contributed by atoms with E-state index >= 15 is 0 Å². The highest BCUT2D eigenvalue weighted by molar-refractivity contribution is 5.86. The van der Waals surface area contributed by atoms with Crippen LogP contribution in [0.2, 0.25) is 0 Å². The zero-order valence-electron chi connectivity index (χ0n) is 23.8. The Morgan fingerprint density at radius 1 is 0.786 bits per heavy atom. The summed E-state index contributed by atoms with van der Waals surface area (Å²) in [6, 6.07) is 47.7. The molecule has 1 fully saturated rings. The molecule has 5 aromatic carbocycles. The minimum Gasteiger partial charge on any atom is -0.403 e. The maximum absolute atomic E-state index is 5.24. The van der Waals surface area contributed by atoms with Gasteiger partial charge >= 0.3 is 0 Å². The summed E-state index contributed by atoms with van der Waals surface area (Å²) in [7, 11) is 0. The fourth-order valence-corrected chi connectivity index (χ4v) is 6.67. The third-order valence-corrected chi connectivity index (χ3v) is 8.69. The molecular formula is C36H36N6. The number of fused-ring (bicyclic) bond motifs is 1. The average Bonchev–Trinajstić information content (AvgIpc) is 3.73. The Bertz CT molecular complexity index is 1570. The van der Waals surface area contributed by atoms with Gasteiger partial charge in [0.05, 0.1) is 0 Å². The van der Waals surface area contributed by atoms with Crippen molar-refractivity contribution in [2.75, 3.05) is 13.1 Å². The molecule has 0 radical (unpaired) electrons. The van der Waals surface area contributed by atoms with Crippen molar-refractivity contribution in [1.29, 1.82) is 0 Å². The van der Waals surface area contributed by atoms with Gasteiger partial charge < -0.3 is 21.2 Å². The summed E-state index contributed by atoms with van der Waals surface area (Å²) in [4.78, 5) is 2.33. The molecule has 210 valence electrons. The highest BCUT2D eigenvalue weighted by Crippen LogP contribution is 2.35. The summed E-state index contributed by atoms with van der Waals surface area (Å²) in [6.07, 6.45) is 1.05. The van der Waals surface area contributed by atoms with Crippen LogP contribution in [0, 0.1) is 0 Å². The molecule has 2 aliphatic heterocycles. The van der Waals surface area contributed by atoms with Crippen molar-refractivity contribution in [3.05, 3.63) is 161 Å². The first-order valence-corrected chi connectivity index (χ1v) is 14.8. The van der Waals surface area contributed by atoms with Crippen LogP contribution in [0.5, 0.6) is 0 Å². The Balaban J connectivity index is 1.17. The first-order valence-electron chi connectivity index (χ1n) is 14.8. The number of hydrogen-bond donors (Lipinski definition) is 3. The smallest absolute Gasteiger partial charge is 0.238 e. The van der Waals surface area contributed by atoms with E-state index in [-0.39, 0.29) is 6.04 Å². The topological polar surface area (TPSA) is 58.2 Å². The van der Waals surface area contributed by atoms with Crippen molar-refractivity contribution in [2.45, 2.75) is 31.0 Å². The molecule has 0 aromatic heterocycles. The van der Waals surface area contributed by atoms with Crippen molar-refractivity contribution < 1.29 is 5.12 Å². The predicted molar refractivity (Wildman–Crippen MR) is 170 cm³/mol. The van der Waals surface area contributed by atoms with E-state index in [2.05, 4.69) is 156 Å². The molecule has 0 bridgehead atoms. The van der Waals surface area contributed by atoms with Crippen molar-refractivity contribution in [3.8, 4) is 0 Å². The molecular weight excluding hydrogens is 516 g/mol. The van der Waals surface area contributed by atoms with Crippen LogP contribution < -0.4 is 15.9 Å². The molecule has 42 heavy (non-hydrogen) atoms. The van der Waals surface area contributed by atoms with E-state index < -0.39 is 5.54 Å². The van der Waals surface area contributed by atoms with Crippen LogP contribution >= 0.6 is 0 Å². The van der Waals surface area contributed by atoms with E-state index in [1.165, 1.54) is 16.3 Å². The summed E-state index contributed by atoms with van der Waals surface area (Å²) in [5.41, 5.74) is 12.4. The van der Waals surface area contributed by atoms with E-state index in [4.69, 9.17) is 10.6 Å². The molecule has 3 atom stereocenters. The third-order valence-electron chi connectivity index (χ3n) is 8.69. The van der Waals surface area contributed by atoms with E-state index in [0.717, 1.165) is 47.3 Å². The Labute approximate surface area is 247 Å². The number of likely N-dealkylation sites (tertiary alicyclic amines) is 1. The molecule has 2 aliphatic rings. The van der Waals surface area contributed by atoms with E-state index in [0.29, 0.717) is 6.04 Å². The van der Waals surface area contributed by atoms with Crippen molar-refractivity contribution in [1.82, 2.24) is 15.6 Å². The zero-order valence-corrected chi connectivity index (χ0v) is 23.8. The quantitative estimate of drug-likeness (QED) is 0.233. The summed E-state index contributed by atoms with van der Waals surface area (Å²) < 4.78 is 0. The van der Waals surface area contributed by atoms with Crippen LogP contribution in [0.3, 0.4) is 0 Å². The molecule has 2 heterocycles.